The first kappa shape index (κ1) is 7.93. The predicted octanol–water partition coefficient (Wildman–Crippen LogP) is 1.45. The Bertz CT molecular complexity index is 371. The van der Waals surface area contributed by atoms with Gasteiger partial charge in [0.15, 0.2) is 6.29 Å². The molecule has 0 radical (unpaired) electrons. The molecule has 1 heterocycles. The van der Waals surface area contributed by atoms with Gasteiger partial charge in [0.1, 0.15) is 5.69 Å². The van der Waals surface area contributed by atoms with Crippen molar-refractivity contribution in [2.24, 2.45) is 0 Å². The van der Waals surface area contributed by atoms with E-state index in [1.807, 2.05) is 6.07 Å². The lowest BCUT2D eigenvalue weighted by atomic mass is 10.00. The molecule has 1 aliphatic rings. The Morgan fingerprint density at radius 2 is 2.31 bits per heavy atom. The number of nitriles is 1. The van der Waals surface area contributed by atoms with Gasteiger partial charge in [0, 0.05) is 6.20 Å². The van der Waals surface area contributed by atoms with Crippen LogP contribution in [0.3, 0.4) is 0 Å². The smallest absolute Gasteiger partial charge is 0.168 e. The highest BCUT2D eigenvalue weighted by atomic mass is 16.1. The molecule has 1 saturated carbocycles. The van der Waals surface area contributed by atoms with Gasteiger partial charge in [-0.2, -0.15) is 5.26 Å². The van der Waals surface area contributed by atoms with Crippen LogP contribution < -0.4 is 0 Å². The molecular weight excluding hydrogens is 164 g/mol. The summed E-state index contributed by atoms with van der Waals surface area (Å²) in [4.78, 5) is 14.3. The van der Waals surface area contributed by atoms with Crippen LogP contribution in [0, 0.1) is 11.3 Å². The van der Waals surface area contributed by atoms with Crippen molar-refractivity contribution in [1.29, 1.82) is 5.26 Å². The van der Waals surface area contributed by atoms with Crippen LogP contribution in [0.2, 0.25) is 0 Å². The van der Waals surface area contributed by atoms with Crippen molar-refractivity contribution in [3.63, 3.8) is 0 Å². The van der Waals surface area contributed by atoms with Crippen molar-refractivity contribution in [3.8, 4) is 6.07 Å². The Hall–Kier alpha value is -1.69. The van der Waals surface area contributed by atoms with Crippen LogP contribution in [0.4, 0.5) is 0 Å². The maximum absolute atomic E-state index is 10.3. The fourth-order valence-electron chi connectivity index (χ4n) is 1.35. The van der Waals surface area contributed by atoms with E-state index >= 15 is 0 Å². The van der Waals surface area contributed by atoms with Crippen molar-refractivity contribution >= 4 is 6.29 Å². The van der Waals surface area contributed by atoms with Gasteiger partial charge in [0.25, 0.3) is 0 Å². The molecule has 0 saturated heterocycles. The Morgan fingerprint density at radius 3 is 2.69 bits per heavy atom. The van der Waals surface area contributed by atoms with E-state index in [9.17, 15) is 4.79 Å². The van der Waals surface area contributed by atoms with E-state index in [4.69, 9.17) is 5.26 Å². The van der Waals surface area contributed by atoms with Gasteiger partial charge >= 0.3 is 0 Å². The number of aldehydes is 1. The zero-order chi connectivity index (χ0) is 9.31. The van der Waals surface area contributed by atoms with Gasteiger partial charge in [-0.25, -0.2) is 0 Å². The minimum absolute atomic E-state index is 0.297. The first-order valence-electron chi connectivity index (χ1n) is 4.14. The molecule has 0 bridgehead atoms. The number of carbonyl (C=O) groups excluding carboxylic acids is 1. The molecule has 1 aliphatic carbocycles. The standard InChI is InChI=1S/C10H8N2O/c11-7-10(3-4-10)8-1-2-9(6-13)12-5-8/h1-2,5-6H,3-4H2. The molecule has 1 fully saturated rings. The van der Waals surface area contributed by atoms with E-state index in [0.717, 1.165) is 18.4 Å². The molecule has 0 spiro atoms. The average molecular weight is 172 g/mol. The summed E-state index contributed by atoms with van der Waals surface area (Å²) >= 11 is 0. The second-order valence-electron chi connectivity index (χ2n) is 3.28. The lowest BCUT2D eigenvalue weighted by molar-refractivity contribution is 0.111. The molecule has 0 unspecified atom stereocenters. The van der Waals surface area contributed by atoms with Crippen molar-refractivity contribution in [2.45, 2.75) is 18.3 Å². The van der Waals surface area contributed by atoms with E-state index < -0.39 is 0 Å². The summed E-state index contributed by atoms with van der Waals surface area (Å²) in [5.74, 6) is 0. The third kappa shape index (κ3) is 1.20. The van der Waals surface area contributed by atoms with Gasteiger partial charge in [-0.1, -0.05) is 6.07 Å². The van der Waals surface area contributed by atoms with E-state index in [1.165, 1.54) is 0 Å². The van der Waals surface area contributed by atoms with Crippen LogP contribution in [0.5, 0.6) is 0 Å². The van der Waals surface area contributed by atoms with Crippen LogP contribution in [-0.2, 0) is 5.41 Å². The Balaban J connectivity index is 2.34. The summed E-state index contributed by atoms with van der Waals surface area (Å²) in [6.07, 6.45) is 4.15. The van der Waals surface area contributed by atoms with Gasteiger partial charge in [0.2, 0.25) is 0 Å². The van der Waals surface area contributed by atoms with Gasteiger partial charge in [-0.3, -0.25) is 9.78 Å². The number of hydrogen-bond donors (Lipinski definition) is 0. The average Bonchev–Trinajstić information content (AvgIpc) is 2.99. The summed E-state index contributed by atoms with van der Waals surface area (Å²) in [5, 5.41) is 8.89. The van der Waals surface area contributed by atoms with Crippen LogP contribution in [0.1, 0.15) is 28.9 Å². The van der Waals surface area contributed by atoms with Crippen molar-refractivity contribution in [2.75, 3.05) is 0 Å². The number of hydrogen-bond acceptors (Lipinski definition) is 3. The fraction of sp³-hybridized carbons (Fsp3) is 0.300. The monoisotopic (exact) mass is 172 g/mol. The summed E-state index contributed by atoms with van der Waals surface area (Å²) in [6.45, 7) is 0. The number of aromatic nitrogens is 1. The highest BCUT2D eigenvalue weighted by molar-refractivity contribution is 5.71. The normalized spacial score (nSPS) is 17.5. The van der Waals surface area contributed by atoms with Crippen LogP contribution in [-0.4, -0.2) is 11.3 Å². The molecule has 0 atom stereocenters. The summed E-state index contributed by atoms with van der Waals surface area (Å²) in [6, 6.07) is 5.74. The highest BCUT2D eigenvalue weighted by Gasteiger charge is 2.45. The summed E-state index contributed by atoms with van der Waals surface area (Å²) in [7, 11) is 0. The van der Waals surface area contributed by atoms with Gasteiger partial charge in [-0.15, -0.1) is 0 Å². The molecule has 3 heteroatoms. The van der Waals surface area contributed by atoms with E-state index in [-0.39, 0.29) is 5.41 Å². The number of nitrogens with zero attached hydrogens (tertiary/aromatic N) is 2. The summed E-state index contributed by atoms with van der Waals surface area (Å²) < 4.78 is 0. The highest BCUT2D eigenvalue weighted by Crippen LogP contribution is 2.47. The second-order valence-corrected chi connectivity index (χ2v) is 3.28. The van der Waals surface area contributed by atoms with Crippen LogP contribution in [0.15, 0.2) is 18.3 Å². The topological polar surface area (TPSA) is 53.8 Å². The zero-order valence-corrected chi connectivity index (χ0v) is 7.03. The Kier molecular flexibility index (Phi) is 1.63. The number of pyridine rings is 1. The molecule has 0 amide bonds. The van der Waals surface area contributed by atoms with Gasteiger partial charge in [0.05, 0.1) is 11.5 Å². The molecular formula is C10H8N2O. The molecule has 2 rings (SSSR count). The SMILES string of the molecule is N#CC1(c2ccc(C=O)nc2)CC1. The molecule has 3 nitrogen and oxygen atoms in total. The molecule has 13 heavy (non-hydrogen) atoms. The number of carbonyl (C=O) groups is 1. The first-order chi connectivity index (χ1) is 6.30. The molecule has 64 valence electrons. The van der Waals surface area contributed by atoms with Gasteiger partial charge in [-0.05, 0) is 24.5 Å². The quantitative estimate of drug-likeness (QED) is 0.634. The molecule has 0 aromatic carbocycles. The Morgan fingerprint density at radius 1 is 1.54 bits per heavy atom. The molecule has 0 N–H and O–H groups in total. The fourth-order valence-corrected chi connectivity index (χ4v) is 1.35. The van der Waals surface area contributed by atoms with Crippen LogP contribution >= 0.6 is 0 Å². The molecule has 1 aromatic heterocycles. The maximum atomic E-state index is 10.3. The molecule has 0 aliphatic heterocycles. The second kappa shape index (κ2) is 2.67. The largest absolute Gasteiger partial charge is 0.296 e. The minimum atomic E-state index is -0.297. The Labute approximate surface area is 76.0 Å². The van der Waals surface area contributed by atoms with E-state index in [0.29, 0.717) is 12.0 Å². The van der Waals surface area contributed by atoms with E-state index in [2.05, 4.69) is 11.1 Å². The minimum Gasteiger partial charge on any atom is -0.296 e. The molecule has 1 aromatic rings. The van der Waals surface area contributed by atoms with Gasteiger partial charge < -0.3 is 0 Å². The van der Waals surface area contributed by atoms with Crippen molar-refractivity contribution in [1.82, 2.24) is 4.98 Å². The third-order valence-electron chi connectivity index (χ3n) is 2.42. The zero-order valence-electron chi connectivity index (χ0n) is 7.03. The lowest BCUT2D eigenvalue weighted by Gasteiger charge is -2.03. The van der Waals surface area contributed by atoms with E-state index in [1.54, 1.807) is 12.3 Å². The first-order valence-corrected chi connectivity index (χ1v) is 4.14. The third-order valence-corrected chi connectivity index (χ3v) is 2.42. The lowest BCUT2D eigenvalue weighted by Crippen LogP contribution is -2.03. The maximum Gasteiger partial charge on any atom is 0.168 e. The predicted molar refractivity (Wildman–Crippen MR) is 46.1 cm³/mol. The van der Waals surface area contributed by atoms with Crippen molar-refractivity contribution in [3.05, 3.63) is 29.6 Å². The van der Waals surface area contributed by atoms with Crippen LogP contribution in [0.25, 0.3) is 0 Å². The number of rotatable bonds is 2. The van der Waals surface area contributed by atoms with Crippen molar-refractivity contribution < 1.29 is 4.79 Å². The summed E-state index contributed by atoms with van der Waals surface area (Å²) in [5.41, 5.74) is 1.05.